The maximum absolute atomic E-state index is 13.1. The van der Waals surface area contributed by atoms with Crippen molar-refractivity contribution in [2.45, 2.75) is 6.18 Å². The minimum atomic E-state index is -4.44. The van der Waals surface area contributed by atoms with Crippen LogP contribution in [0.25, 0.3) is 16.7 Å². The number of nitrogens with zero attached hydrogens (tertiary/aromatic N) is 3. The van der Waals surface area contributed by atoms with E-state index in [0.717, 1.165) is 12.1 Å². The van der Waals surface area contributed by atoms with Crippen LogP contribution in [0.5, 0.6) is 17.2 Å². The minimum Gasteiger partial charge on any atom is -0.493 e. The summed E-state index contributed by atoms with van der Waals surface area (Å²) < 4.78 is 57.4. The third-order valence-electron chi connectivity index (χ3n) is 5.13. The minimum absolute atomic E-state index is 0.259. The highest BCUT2D eigenvalue weighted by Crippen LogP contribution is 2.41. The third-order valence-corrected chi connectivity index (χ3v) is 5.13. The molecule has 8 nitrogen and oxygen atoms in total. The van der Waals surface area contributed by atoms with Crippen LogP contribution in [0.15, 0.2) is 48.7 Å². The van der Waals surface area contributed by atoms with Crippen LogP contribution < -0.4 is 24.8 Å². The van der Waals surface area contributed by atoms with Gasteiger partial charge in [0.1, 0.15) is 11.3 Å². The van der Waals surface area contributed by atoms with Crippen molar-refractivity contribution in [2.24, 2.45) is 0 Å². The smallest absolute Gasteiger partial charge is 0.416 e. The zero-order chi connectivity index (χ0) is 24.5. The summed E-state index contributed by atoms with van der Waals surface area (Å²) in [7, 11) is 6.29. The summed E-state index contributed by atoms with van der Waals surface area (Å²) in [4.78, 5) is 8.86. The highest BCUT2D eigenvalue weighted by Gasteiger charge is 2.30. The number of alkyl halides is 3. The zero-order valence-electron chi connectivity index (χ0n) is 18.8. The Morgan fingerprint density at radius 2 is 1.65 bits per heavy atom. The van der Waals surface area contributed by atoms with E-state index in [2.05, 4.69) is 20.6 Å². The molecule has 2 N–H and O–H groups in total. The van der Waals surface area contributed by atoms with Crippen LogP contribution in [0.1, 0.15) is 5.56 Å². The Hall–Kier alpha value is -4.15. The Bertz CT molecular complexity index is 1310. The van der Waals surface area contributed by atoms with Gasteiger partial charge in [-0.1, -0.05) is 6.07 Å². The molecule has 34 heavy (non-hydrogen) atoms. The molecule has 0 radical (unpaired) electrons. The number of hydrogen-bond acceptors (Lipinski definition) is 7. The van der Waals surface area contributed by atoms with Gasteiger partial charge in [-0.05, 0) is 18.2 Å². The number of benzene rings is 2. The maximum Gasteiger partial charge on any atom is 0.416 e. The van der Waals surface area contributed by atoms with E-state index in [1.807, 2.05) is 4.57 Å². The lowest BCUT2D eigenvalue weighted by Gasteiger charge is -2.16. The van der Waals surface area contributed by atoms with Gasteiger partial charge in [-0.25, -0.2) is 9.97 Å². The van der Waals surface area contributed by atoms with E-state index in [0.29, 0.717) is 45.7 Å². The van der Waals surface area contributed by atoms with Crippen molar-refractivity contribution in [1.29, 1.82) is 0 Å². The first-order chi connectivity index (χ1) is 16.3. The Balaban J connectivity index is 1.83. The second-order valence-electron chi connectivity index (χ2n) is 7.17. The fourth-order valence-electron chi connectivity index (χ4n) is 3.60. The molecule has 0 atom stereocenters. The van der Waals surface area contributed by atoms with Crippen LogP contribution in [-0.4, -0.2) is 42.9 Å². The molecule has 0 aliphatic heterocycles. The van der Waals surface area contributed by atoms with Crippen LogP contribution in [-0.2, 0) is 6.18 Å². The summed E-state index contributed by atoms with van der Waals surface area (Å²) >= 11 is 0. The molecule has 0 spiro atoms. The number of aromatic nitrogens is 3. The number of pyridine rings is 1. The topological polar surface area (TPSA) is 82.5 Å². The number of halogens is 3. The average molecular weight is 473 g/mol. The second-order valence-corrected chi connectivity index (χ2v) is 7.17. The molecule has 4 aromatic rings. The fraction of sp³-hybridized carbons (Fsp3) is 0.217. The lowest BCUT2D eigenvalue weighted by atomic mass is 10.2. The van der Waals surface area contributed by atoms with E-state index in [9.17, 15) is 13.2 Å². The highest BCUT2D eigenvalue weighted by molar-refractivity contribution is 5.84. The Labute approximate surface area is 193 Å². The number of ether oxygens (including phenoxy) is 3. The van der Waals surface area contributed by atoms with Crippen molar-refractivity contribution < 1.29 is 27.4 Å². The first-order valence-electron chi connectivity index (χ1n) is 10.1. The van der Waals surface area contributed by atoms with Gasteiger partial charge >= 0.3 is 6.18 Å². The van der Waals surface area contributed by atoms with E-state index >= 15 is 0 Å². The Morgan fingerprint density at radius 3 is 2.24 bits per heavy atom. The van der Waals surface area contributed by atoms with Gasteiger partial charge in [0.25, 0.3) is 0 Å². The van der Waals surface area contributed by atoms with Crippen LogP contribution in [0, 0.1) is 0 Å². The van der Waals surface area contributed by atoms with E-state index in [4.69, 9.17) is 14.2 Å². The standard InChI is InChI=1S/C23H22F3N5O3/c1-27-22-30-16-12-28-20(29-14-7-5-6-13(8-14)23(24,25)26)11-17(16)31(22)15-9-18(32-2)21(34-4)19(10-15)33-3/h5-12H,1-4H3,(H,27,30)(H,28,29). The Morgan fingerprint density at radius 1 is 0.941 bits per heavy atom. The fourth-order valence-corrected chi connectivity index (χ4v) is 3.60. The third kappa shape index (κ3) is 4.24. The van der Waals surface area contributed by atoms with Crippen LogP contribution in [0.3, 0.4) is 0 Å². The molecule has 0 saturated carbocycles. The molecule has 2 aromatic carbocycles. The van der Waals surface area contributed by atoms with Crippen molar-refractivity contribution in [3.63, 3.8) is 0 Å². The number of rotatable bonds is 7. The largest absolute Gasteiger partial charge is 0.493 e. The molecule has 0 aliphatic rings. The van der Waals surface area contributed by atoms with Crippen molar-refractivity contribution in [3.05, 3.63) is 54.2 Å². The second kappa shape index (κ2) is 9.00. The molecule has 11 heteroatoms. The van der Waals surface area contributed by atoms with E-state index in [1.165, 1.54) is 33.5 Å². The highest BCUT2D eigenvalue weighted by atomic mass is 19.4. The Kier molecular flexibility index (Phi) is 6.10. The van der Waals surface area contributed by atoms with Gasteiger partial charge in [-0.2, -0.15) is 13.2 Å². The predicted octanol–water partition coefficient (Wildman–Crippen LogP) is 5.25. The molecule has 0 unspecified atom stereocenters. The van der Waals surface area contributed by atoms with E-state index in [1.54, 1.807) is 31.4 Å². The SMILES string of the molecule is CNc1nc2cnc(Nc3cccc(C(F)(F)F)c3)cc2n1-c1cc(OC)c(OC)c(OC)c1. The number of methoxy groups -OCH3 is 3. The zero-order valence-corrected chi connectivity index (χ0v) is 18.8. The molecular formula is C23H22F3N5O3. The van der Waals surface area contributed by atoms with Crippen LogP contribution in [0.4, 0.5) is 30.6 Å². The number of hydrogen-bond donors (Lipinski definition) is 2. The number of nitrogens with one attached hydrogen (secondary N) is 2. The van der Waals surface area contributed by atoms with Gasteiger partial charge < -0.3 is 24.8 Å². The molecular weight excluding hydrogens is 451 g/mol. The molecule has 0 saturated heterocycles. The molecule has 0 bridgehead atoms. The molecule has 4 rings (SSSR count). The van der Waals surface area contributed by atoms with Gasteiger partial charge in [-0.15, -0.1) is 0 Å². The monoisotopic (exact) mass is 473 g/mol. The van der Waals surface area contributed by atoms with Crippen molar-refractivity contribution in [2.75, 3.05) is 39.0 Å². The lowest BCUT2D eigenvalue weighted by Crippen LogP contribution is -2.05. The number of imidazole rings is 1. The van der Waals surface area contributed by atoms with Crippen LogP contribution in [0.2, 0.25) is 0 Å². The summed E-state index contributed by atoms with van der Waals surface area (Å²) in [6, 6.07) is 10.2. The summed E-state index contributed by atoms with van der Waals surface area (Å²) in [5, 5.41) is 5.98. The van der Waals surface area contributed by atoms with Crippen molar-refractivity contribution >= 4 is 28.5 Å². The van der Waals surface area contributed by atoms with Gasteiger partial charge in [0.05, 0.1) is 44.3 Å². The van der Waals surface area contributed by atoms with Crippen molar-refractivity contribution in [3.8, 4) is 22.9 Å². The van der Waals surface area contributed by atoms with Crippen LogP contribution >= 0.6 is 0 Å². The van der Waals surface area contributed by atoms with Gasteiger partial charge in [-0.3, -0.25) is 4.57 Å². The quantitative estimate of drug-likeness (QED) is 0.379. The summed E-state index contributed by atoms with van der Waals surface area (Å²) in [5.41, 5.74) is 1.40. The normalized spacial score (nSPS) is 11.4. The molecule has 2 aromatic heterocycles. The molecule has 0 aliphatic carbocycles. The summed E-state index contributed by atoms with van der Waals surface area (Å²) in [6.07, 6.45) is -2.90. The number of fused-ring (bicyclic) bond motifs is 1. The van der Waals surface area contributed by atoms with Gasteiger partial charge in [0.15, 0.2) is 11.5 Å². The summed E-state index contributed by atoms with van der Waals surface area (Å²) in [5.74, 6) is 2.22. The first-order valence-corrected chi connectivity index (χ1v) is 10.1. The first kappa shape index (κ1) is 23.0. The predicted molar refractivity (Wildman–Crippen MR) is 123 cm³/mol. The molecule has 2 heterocycles. The van der Waals surface area contributed by atoms with Gasteiger partial charge in [0, 0.05) is 30.9 Å². The van der Waals surface area contributed by atoms with E-state index in [-0.39, 0.29) is 5.69 Å². The van der Waals surface area contributed by atoms with Gasteiger partial charge in [0.2, 0.25) is 11.7 Å². The molecule has 0 amide bonds. The summed E-state index contributed by atoms with van der Waals surface area (Å²) in [6.45, 7) is 0. The lowest BCUT2D eigenvalue weighted by molar-refractivity contribution is -0.137. The molecule has 178 valence electrons. The maximum atomic E-state index is 13.1. The number of anilines is 3. The van der Waals surface area contributed by atoms with Crippen molar-refractivity contribution in [1.82, 2.24) is 14.5 Å². The molecule has 0 fully saturated rings. The van der Waals surface area contributed by atoms with E-state index < -0.39 is 11.7 Å². The average Bonchev–Trinajstić information content (AvgIpc) is 3.20.